The van der Waals surface area contributed by atoms with Crippen LogP contribution in [-0.4, -0.2) is 42.2 Å². The molecular weight excluding hydrogens is 266 g/mol. The monoisotopic (exact) mass is 287 g/mol. The molecule has 1 aromatic rings. The molecule has 0 amide bonds. The van der Waals surface area contributed by atoms with Crippen LogP contribution in [0.1, 0.15) is 30.7 Å². The summed E-state index contributed by atoms with van der Waals surface area (Å²) in [6, 6.07) is 8.26. The molecule has 21 heavy (non-hydrogen) atoms. The Labute approximate surface area is 125 Å². The minimum atomic E-state index is -0.781. The van der Waals surface area contributed by atoms with E-state index in [-0.39, 0.29) is 0 Å². The van der Waals surface area contributed by atoms with E-state index in [0.717, 1.165) is 44.7 Å². The number of fused-ring (bicyclic) bond motifs is 1. The predicted octanol–water partition coefficient (Wildman–Crippen LogP) is 2.66. The second-order valence-corrected chi connectivity index (χ2v) is 5.76. The molecule has 0 saturated carbocycles. The maximum absolute atomic E-state index is 11.1. The van der Waals surface area contributed by atoms with Gasteiger partial charge in [0.2, 0.25) is 0 Å². The van der Waals surface area contributed by atoms with E-state index in [4.69, 9.17) is 9.84 Å². The molecule has 2 aliphatic heterocycles. The summed E-state index contributed by atoms with van der Waals surface area (Å²) in [5.74, 6) is 0.753. The number of hydrogen-bond acceptors (Lipinski definition) is 3. The smallest absolute Gasteiger partial charge is 0.332 e. The molecule has 0 radical (unpaired) electrons. The fourth-order valence-electron chi connectivity index (χ4n) is 3.21. The molecule has 0 saturated heterocycles. The normalized spacial score (nSPS) is 22.1. The average molecular weight is 287 g/mol. The van der Waals surface area contributed by atoms with Crippen molar-refractivity contribution in [3.63, 3.8) is 0 Å². The van der Waals surface area contributed by atoms with Crippen LogP contribution in [0, 0.1) is 0 Å². The molecule has 4 nitrogen and oxygen atoms in total. The lowest BCUT2D eigenvalue weighted by Gasteiger charge is -2.30. The Hall–Kier alpha value is -1.81. The molecule has 4 heteroatoms. The first-order valence-electron chi connectivity index (χ1n) is 7.60. The van der Waals surface area contributed by atoms with E-state index in [1.54, 1.807) is 0 Å². The number of benzene rings is 1. The van der Waals surface area contributed by atoms with E-state index in [1.807, 2.05) is 18.2 Å². The van der Waals surface area contributed by atoms with Crippen molar-refractivity contribution in [1.82, 2.24) is 4.90 Å². The number of carboxylic acids is 1. The summed E-state index contributed by atoms with van der Waals surface area (Å²) < 4.78 is 5.69. The van der Waals surface area contributed by atoms with Gasteiger partial charge in [-0.3, -0.25) is 4.90 Å². The van der Waals surface area contributed by atoms with E-state index in [2.05, 4.69) is 17.0 Å². The van der Waals surface area contributed by atoms with Crippen LogP contribution in [0.5, 0.6) is 5.75 Å². The van der Waals surface area contributed by atoms with Crippen molar-refractivity contribution in [3.8, 4) is 5.75 Å². The SMILES string of the molecule is O=C(O)C1=CCCN(CCC2CCOc3ccccc32)C1. The molecule has 2 aliphatic rings. The van der Waals surface area contributed by atoms with E-state index in [0.29, 0.717) is 18.0 Å². The van der Waals surface area contributed by atoms with E-state index in [1.165, 1.54) is 5.56 Å². The number of nitrogens with zero attached hydrogens (tertiary/aromatic N) is 1. The Morgan fingerprint density at radius 3 is 3.10 bits per heavy atom. The first kappa shape index (κ1) is 14.1. The number of aliphatic carboxylic acids is 1. The van der Waals surface area contributed by atoms with Crippen molar-refractivity contribution in [1.29, 1.82) is 0 Å². The van der Waals surface area contributed by atoms with Crippen LogP contribution in [-0.2, 0) is 4.79 Å². The quantitative estimate of drug-likeness (QED) is 0.925. The van der Waals surface area contributed by atoms with Gasteiger partial charge in [0, 0.05) is 18.7 Å². The number of carboxylic acid groups (broad SMARTS) is 1. The van der Waals surface area contributed by atoms with Crippen molar-refractivity contribution >= 4 is 5.97 Å². The van der Waals surface area contributed by atoms with Crippen molar-refractivity contribution in [2.45, 2.75) is 25.2 Å². The first-order chi connectivity index (χ1) is 10.2. The molecule has 0 aliphatic carbocycles. The average Bonchev–Trinajstić information content (AvgIpc) is 2.53. The van der Waals surface area contributed by atoms with Crippen molar-refractivity contribution < 1.29 is 14.6 Å². The summed E-state index contributed by atoms with van der Waals surface area (Å²) in [6.07, 6.45) is 4.80. The zero-order valence-electron chi connectivity index (χ0n) is 12.1. The Bertz CT molecular complexity index is 553. The van der Waals surface area contributed by atoms with Gasteiger partial charge in [0.1, 0.15) is 5.75 Å². The van der Waals surface area contributed by atoms with Gasteiger partial charge in [-0.15, -0.1) is 0 Å². The molecule has 0 fully saturated rings. The van der Waals surface area contributed by atoms with Gasteiger partial charge in [-0.25, -0.2) is 4.79 Å². The number of ether oxygens (including phenoxy) is 1. The van der Waals surface area contributed by atoms with Crippen LogP contribution in [0.2, 0.25) is 0 Å². The summed E-state index contributed by atoms with van der Waals surface area (Å²) in [5.41, 5.74) is 1.84. The highest BCUT2D eigenvalue weighted by Crippen LogP contribution is 2.35. The van der Waals surface area contributed by atoms with E-state index in [9.17, 15) is 4.79 Å². The van der Waals surface area contributed by atoms with Crippen molar-refractivity contribution in [2.75, 3.05) is 26.2 Å². The van der Waals surface area contributed by atoms with Crippen molar-refractivity contribution in [2.24, 2.45) is 0 Å². The first-order valence-corrected chi connectivity index (χ1v) is 7.60. The van der Waals surface area contributed by atoms with Gasteiger partial charge in [0.05, 0.1) is 6.61 Å². The fraction of sp³-hybridized carbons (Fsp3) is 0.471. The second-order valence-electron chi connectivity index (χ2n) is 5.76. The van der Waals surface area contributed by atoms with Gasteiger partial charge in [0.15, 0.2) is 0 Å². The van der Waals surface area contributed by atoms with Gasteiger partial charge >= 0.3 is 5.97 Å². The number of para-hydroxylation sites is 1. The zero-order valence-corrected chi connectivity index (χ0v) is 12.1. The van der Waals surface area contributed by atoms with Crippen LogP contribution in [0.4, 0.5) is 0 Å². The van der Waals surface area contributed by atoms with Crippen LogP contribution in [0.25, 0.3) is 0 Å². The second kappa shape index (κ2) is 6.31. The Morgan fingerprint density at radius 2 is 2.24 bits per heavy atom. The molecular formula is C17H21NO3. The molecule has 112 valence electrons. The molecule has 0 bridgehead atoms. The van der Waals surface area contributed by atoms with Crippen LogP contribution >= 0.6 is 0 Å². The summed E-state index contributed by atoms with van der Waals surface area (Å²) in [6.45, 7) is 3.26. The Balaban J connectivity index is 1.59. The minimum absolute atomic E-state index is 0.522. The largest absolute Gasteiger partial charge is 0.493 e. The highest BCUT2D eigenvalue weighted by molar-refractivity contribution is 5.87. The standard InChI is InChI=1S/C17H21NO3/c19-17(20)14-4-3-9-18(12-14)10-7-13-8-11-21-16-6-2-1-5-15(13)16/h1-2,4-6,13H,3,7-12H2,(H,19,20). The topological polar surface area (TPSA) is 49.8 Å². The Morgan fingerprint density at radius 1 is 1.38 bits per heavy atom. The summed E-state index contributed by atoms with van der Waals surface area (Å²) >= 11 is 0. The van der Waals surface area contributed by atoms with Crippen LogP contribution in [0.3, 0.4) is 0 Å². The van der Waals surface area contributed by atoms with Crippen molar-refractivity contribution in [3.05, 3.63) is 41.5 Å². The zero-order chi connectivity index (χ0) is 14.7. The number of hydrogen-bond donors (Lipinski definition) is 1. The molecule has 1 N–H and O–H groups in total. The third-order valence-electron chi connectivity index (χ3n) is 4.38. The van der Waals surface area contributed by atoms with Gasteiger partial charge in [0.25, 0.3) is 0 Å². The lowest BCUT2D eigenvalue weighted by Crippen LogP contribution is -2.34. The van der Waals surface area contributed by atoms with Gasteiger partial charge in [-0.05, 0) is 43.4 Å². The van der Waals surface area contributed by atoms with Gasteiger partial charge in [-0.2, -0.15) is 0 Å². The van der Waals surface area contributed by atoms with Crippen LogP contribution < -0.4 is 4.74 Å². The molecule has 1 atom stereocenters. The fourth-order valence-corrected chi connectivity index (χ4v) is 3.21. The van der Waals surface area contributed by atoms with E-state index < -0.39 is 5.97 Å². The Kier molecular flexibility index (Phi) is 4.25. The predicted molar refractivity (Wildman–Crippen MR) is 80.7 cm³/mol. The highest BCUT2D eigenvalue weighted by Gasteiger charge is 2.23. The molecule has 3 rings (SSSR count). The molecule has 1 aromatic carbocycles. The summed E-state index contributed by atoms with van der Waals surface area (Å²) in [7, 11) is 0. The maximum atomic E-state index is 11.1. The van der Waals surface area contributed by atoms with E-state index >= 15 is 0 Å². The van der Waals surface area contributed by atoms with Gasteiger partial charge in [-0.1, -0.05) is 24.3 Å². The number of rotatable bonds is 4. The maximum Gasteiger partial charge on any atom is 0.332 e. The number of carbonyl (C=O) groups is 1. The highest BCUT2D eigenvalue weighted by atomic mass is 16.5. The third kappa shape index (κ3) is 3.27. The molecule has 0 aromatic heterocycles. The lowest BCUT2D eigenvalue weighted by atomic mass is 9.90. The molecule has 2 heterocycles. The third-order valence-corrected chi connectivity index (χ3v) is 4.38. The summed E-state index contributed by atoms with van der Waals surface area (Å²) in [4.78, 5) is 13.3. The van der Waals surface area contributed by atoms with Gasteiger partial charge < -0.3 is 9.84 Å². The summed E-state index contributed by atoms with van der Waals surface area (Å²) in [5, 5.41) is 9.09. The minimum Gasteiger partial charge on any atom is -0.493 e. The molecule has 1 unspecified atom stereocenters. The van der Waals surface area contributed by atoms with Crippen LogP contribution in [0.15, 0.2) is 35.9 Å². The molecule has 0 spiro atoms. The lowest BCUT2D eigenvalue weighted by molar-refractivity contribution is -0.133.